The molecule has 1 saturated carbocycles. The molecular weight excluding hydrogens is 162 g/mol. The second-order valence-electron chi connectivity index (χ2n) is 5.16. The summed E-state index contributed by atoms with van der Waals surface area (Å²) in [5.41, 5.74) is 0.0708. The smallest absolute Gasteiger partial charge is 0.0753 e. The maximum Gasteiger partial charge on any atom is 0.0753 e. The molecule has 1 heterocycles. The summed E-state index contributed by atoms with van der Waals surface area (Å²) in [5.74, 6) is 0.980. The summed E-state index contributed by atoms with van der Waals surface area (Å²) >= 11 is 0. The summed E-state index contributed by atoms with van der Waals surface area (Å²) in [6.07, 6.45) is 2.89. The van der Waals surface area contributed by atoms with E-state index in [1.807, 2.05) is 0 Å². The summed E-state index contributed by atoms with van der Waals surface area (Å²) < 4.78 is 5.70. The third-order valence-corrected chi connectivity index (χ3v) is 3.34. The molecule has 0 aromatic carbocycles. The number of hydrogen-bond acceptors (Lipinski definition) is 2. The van der Waals surface area contributed by atoms with Gasteiger partial charge in [0.1, 0.15) is 0 Å². The molecule has 2 rings (SSSR count). The lowest BCUT2D eigenvalue weighted by Crippen LogP contribution is -2.51. The fourth-order valence-electron chi connectivity index (χ4n) is 2.28. The van der Waals surface area contributed by atoms with Crippen LogP contribution in [0.5, 0.6) is 0 Å². The first-order valence-electron chi connectivity index (χ1n) is 5.46. The summed E-state index contributed by atoms with van der Waals surface area (Å²) in [4.78, 5) is 2.60. The zero-order valence-electron chi connectivity index (χ0n) is 9.05. The second kappa shape index (κ2) is 3.25. The highest BCUT2D eigenvalue weighted by Gasteiger charge is 2.36. The maximum absolute atomic E-state index is 5.70. The standard InChI is InChI=1S/C11H21NO/c1-9(10-4-5-10)12-6-7-13-11(2,3)8-12/h9-10H,4-8H2,1-3H3. The van der Waals surface area contributed by atoms with Crippen molar-refractivity contribution in [1.29, 1.82) is 0 Å². The van der Waals surface area contributed by atoms with Crippen LogP contribution in [0.25, 0.3) is 0 Å². The van der Waals surface area contributed by atoms with E-state index in [-0.39, 0.29) is 5.60 Å². The van der Waals surface area contributed by atoms with Gasteiger partial charge in [0.2, 0.25) is 0 Å². The Morgan fingerprint density at radius 2 is 2.08 bits per heavy atom. The van der Waals surface area contributed by atoms with Gasteiger partial charge in [0.05, 0.1) is 12.2 Å². The summed E-state index contributed by atoms with van der Waals surface area (Å²) in [6.45, 7) is 9.90. The lowest BCUT2D eigenvalue weighted by atomic mass is 10.0. The Balaban J connectivity index is 1.91. The third-order valence-electron chi connectivity index (χ3n) is 3.34. The Morgan fingerprint density at radius 3 is 2.62 bits per heavy atom. The average Bonchev–Trinajstić information content (AvgIpc) is 2.83. The van der Waals surface area contributed by atoms with Gasteiger partial charge >= 0.3 is 0 Å². The van der Waals surface area contributed by atoms with Gasteiger partial charge in [-0.3, -0.25) is 4.90 Å². The highest BCUT2D eigenvalue weighted by atomic mass is 16.5. The normalized spacial score (nSPS) is 31.6. The quantitative estimate of drug-likeness (QED) is 0.648. The molecule has 2 fully saturated rings. The van der Waals surface area contributed by atoms with Crippen LogP contribution in [0.1, 0.15) is 33.6 Å². The molecule has 0 amide bonds. The zero-order chi connectivity index (χ0) is 9.47. The van der Waals surface area contributed by atoms with Crippen LogP contribution >= 0.6 is 0 Å². The molecule has 76 valence electrons. The van der Waals surface area contributed by atoms with Crippen molar-refractivity contribution in [1.82, 2.24) is 4.90 Å². The molecule has 1 saturated heterocycles. The lowest BCUT2D eigenvalue weighted by molar-refractivity contribution is -0.0973. The van der Waals surface area contributed by atoms with Crippen LogP contribution in [0.15, 0.2) is 0 Å². The van der Waals surface area contributed by atoms with E-state index in [1.54, 1.807) is 0 Å². The Kier molecular flexibility index (Phi) is 2.37. The Bertz CT molecular complexity index is 187. The van der Waals surface area contributed by atoms with E-state index in [0.717, 1.165) is 31.7 Å². The molecule has 0 spiro atoms. The van der Waals surface area contributed by atoms with Crippen LogP contribution in [0, 0.1) is 5.92 Å². The minimum Gasteiger partial charge on any atom is -0.373 e. The van der Waals surface area contributed by atoms with Crippen molar-refractivity contribution < 1.29 is 4.74 Å². The summed E-state index contributed by atoms with van der Waals surface area (Å²) in [6, 6.07) is 0.781. The van der Waals surface area contributed by atoms with Gasteiger partial charge in [-0.15, -0.1) is 0 Å². The van der Waals surface area contributed by atoms with Crippen molar-refractivity contribution in [3.8, 4) is 0 Å². The van der Waals surface area contributed by atoms with Crippen LogP contribution in [-0.2, 0) is 4.74 Å². The van der Waals surface area contributed by atoms with Gasteiger partial charge in [-0.25, -0.2) is 0 Å². The van der Waals surface area contributed by atoms with Gasteiger partial charge in [-0.1, -0.05) is 0 Å². The minimum atomic E-state index is 0.0708. The van der Waals surface area contributed by atoms with Crippen molar-refractivity contribution in [2.75, 3.05) is 19.7 Å². The molecule has 2 nitrogen and oxygen atoms in total. The number of rotatable bonds is 2. The molecule has 13 heavy (non-hydrogen) atoms. The number of ether oxygens (including phenoxy) is 1. The van der Waals surface area contributed by atoms with E-state index < -0.39 is 0 Å². The predicted octanol–water partition coefficient (Wildman–Crippen LogP) is 1.90. The minimum absolute atomic E-state index is 0.0708. The van der Waals surface area contributed by atoms with Crippen molar-refractivity contribution in [2.45, 2.75) is 45.3 Å². The lowest BCUT2D eigenvalue weighted by Gasteiger charge is -2.41. The molecule has 1 aliphatic heterocycles. The van der Waals surface area contributed by atoms with E-state index in [4.69, 9.17) is 4.74 Å². The first kappa shape index (κ1) is 9.47. The molecule has 1 unspecified atom stereocenters. The van der Waals surface area contributed by atoms with Gasteiger partial charge < -0.3 is 4.74 Å². The van der Waals surface area contributed by atoms with Crippen molar-refractivity contribution in [2.24, 2.45) is 5.92 Å². The van der Waals surface area contributed by atoms with Crippen LogP contribution < -0.4 is 0 Å². The molecule has 0 N–H and O–H groups in total. The molecule has 0 aromatic rings. The fourth-order valence-corrected chi connectivity index (χ4v) is 2.28. The largest absolute Gasteiger partial charge is 0.373 e. The molecule has 1 atom stereocenters. The number of morpholine rings is 1. The molecule has 0 bridgehead atoms. The third kappa shape index (κ3) is 2.23. The van der Waals surface area contributed by atoms with E-state index >= 15 is 0 Å². The monoisotopic (exact) mass is 183 g/mol. The van der Waals surface area contributed by atoms with Gasteiger partial charge in [-0.2, -0.15) is 0 Å². The summed E-state index contributed by atoms with van der Waals surface area (Å²) in [7, 11) is 0. The Hall–Kier alpha value is -0.0800. The molecular formula is C11H21NO. The topological polar surface area (TPSA) is 12.5 Å². The SMILES string of the molecule is CC(C1CC1)N1CCOC(C)(C)C1. The molecule has 0 aromatic heterocycles. The summed E-state index contributed by atoms with van der Waals surface area (Å²) in [5, 5.41) is 0. The average molecular weight is 183 g/mol. The molecule has 0 radical (unpaired) electrons. The van der Waals surface area contributed by atoms with E-state index in [1.165, 1.54) is 12.8 Å². The van der Waals surface area contributed by atoms with E-state index in [2.05, 4.69) is 25.7 Å². The van der Waals surface area contributed by atoms with E-state index in [9.17, 15) is 0 Å². The van der Waals surface area contributed by atoms with Gasteiger partial charge in [-0.05, 0) is 39.5 Å². The molecule has 2 aliphatic rings. The highest BCUT2D eigenvalue weighted by Crippen LogP contribution is 2.36. The zero-order valence-corrected chi connectivity index (χ0v) is 9.05. The number of nitrogens with zero attached hydrogens (tertiary/aromatic N) is 1. The van der Waals surface area contributed by atoms with Gasteiger partial charge in [0.15, 0.2) is 0 Å². The number of hydrogen-bond donors (Lipinski definition) is 0. The Morgan fingerprint density at radius 1 is 1.38 bits per heavy atom. The molecule has 1 aliphatic carbocycles. The van der Waals surface area contributed by atoms with Crippen LogP contribution in [0.2, 0.25) is 0 Å². The van der Waals surface area contributed by atoms with Crippen molar-refractivity contribution in [3.63, 3.8) is 0 Å². The van der Waals surface area contributed by atoms with Crippen LogP contribution in [-0.4, -0.2) is 36.2 Å². The maximum atomic E-state index is 5.70. The predicted molar refractivity (Wildman–Crippen MR) is 53.8 cm³/mol. The fraction of sp³-hybridized carbons (Fsp3) is 1.00. The van der Waals surface area contributed by atoms with Gasteiger partial charge in [0, 0.05) is 19.1 Å². The van der Waals surface area contributed by atoms with Crippen LogP contribution in [0.3, 0.4) is 0 Å². The second-order valence-corrected chi connectivity index (χ2v) is 5.16. The first-order valence-corrected chi connectivity index (χ1v) is 5.46. The first-order chi connectivity index (χ1) is 6.08. The van der Waals surface area contributed by atoms with Crippen LogP contribution in [0.4, 0.5) is 0 Å². The van der Waals surface area contributed by atoms with Gasteiger partial charge in [0.25, 0.3) is 0 Å². The van der Waals surface area contributed by atoms with Crippen molar-refractivity contribution >= 4 is 0 Å². The highest BCUT2D eigenvalue weighted by molar-refractivity contribution is 4.89. The Labute approximate surface area is 81.3 Å². The van der Waals surface area contributed by atoms with E-state index in [0.29, 0.717) is 0 Å². The molecule has 2 heteroatoms. The van der Waals surface area contributed by atoms with Crippen molar-refractivity contribution in [3.05, 3.63) is 0 Å².